The van der Waals surface area contributed by atoms with Gasteiger partial charge in [0.05, 0.1) is 0 Å². The molecular weight excluding hydrogens is 202 g/mol. The van der Waals surface area contributed by atoms with Crippen LogP contribution in [0.15, 0.2) is 36.5 Å². The van der Waals surface area contributed by atoms with Crippen molar-refractivity contribution in [2.45, 2.75) is 19.8 Å². The molecule has 2 aromatic rings. The molecule has 0 bridgehead atoms. The average molecular weight is 215 g/mol. The molecule has 0 N–H and O–H groups in total. The number of fused-ring (bicyclic) bond motifs is 1. The summed E-state index contributed by atoms with van der Waals surface area (Å²) in [6.07, 6.45) is 2.92. The number of carbonyl (C=O) groups excluding carboxylic acids is 1. The summed E-state index contributed by atoms with van der Waals surface area (Å²) in [6, 6.07) is 9.38. The van der Waals surface area contributed by atoms with Crippen molar-refractivity contribution < 1.29 is 9.53 Å². The van der Waals surface area contributed by atoms with Crippen molar-refractivity contribution in [1.29, 1.82) is 0 Å². The van der Waals surface area contributed by atoms with Crippen LogP contribution in [-0.4, -0.2) is 11.0 Å². The van der Waals surface area contributed by atoms with Crippen LogP contribution in [0.4, 0.5) is 0 Å². The first-order chi connectivity index (χ1) is 7.81. The minimum absolute atomic E-state index is 0.208. The van der Waals surface area contributed by atoms with Gasteiger partial charge in [0.15, 0.2) is 5.75 Å². The lowest BCUT2D eigenvalue weighted by Crippen LogP contribution is -2.07. The Kier molecular flexibility index (Phi) is 3.15. The van der Waals surface area contributed by atoms with E-state index in [-0.39, 0.29) is 5.97 Å². The first-order valence-corrected chi connectivity index (χ1v) is 5.35. The maximum absolute atomic E-state index is 11.4. The molecule has 0 saturated heterocycles. The van der Waals surface area contributed by atoms with Gasteiger partial charge in [0.1, 0.15) is 5.52 Å². The van der Waals surface area contributed by atoms with Crippen LogP contribution in [0.25, 0.3) is 10.9 Å². The van der Waals surface area contributed by atoms with E-state index in [1.165, 1.54) is 0 Å². The van der Waals surface area contributed by atoms with Crippen molar-refractivity contribution in [2.24, 2.45) is 0 Å². The number of para-hydroxylation sites is 1. The van der Waals surface area contributed by atoms with E-state index < -0.39 is 0 Å². The number of hydrogen-bond acceptors (Lipinski definition) is 3. The number of aromatic nitrogens is 1. The minimum atomic E-state index is -0.208. The molecule has 82 valence electrons. The van der Waals surface area contributed by atoms with Crippen molar-refractivity contribution in [2.75, 3.05) is 0 Å². The highest BCUT2D eigenvalue weighted by atomic mass is 16.5. The molecule has 0 atom stereocenters. The predicted octanol–water partition coefficient (Wildman–Crippen LogP) is 2.94. The first-order valence-electron chi connectivity index (χ1n) is 5.35. The van der Waals surface area contributed by atoms with Gasteiger partial charge in [0.25, 0.3) is 0 Å². The van der Waals surface area contributed by atoms with Gasteiger partial charge in [0.2, 0.25) is 0 Å². The number of pyridine rings is 1. The monoisotopic (exact) mass is 215 g/mol. The molecule has 1 aromatic carbocycles. The van der Waals surface area contributed by atoms with Crippen molar-refractivity contribution in [3.63, 3.8) is 0 Å². The largest absolute Gasteiger partial charge is 0.424 e. The molecule has 16 heavy (non-hydrogen) atoms. The Morgan fingerprint density at radius 3 is 2.94 bits per heavy atom. The lowest BCUT2D eigenvalue weighted by molar-refractivity contribution is -0.134. The summed E-state index contributed by atoms with van der Waals surface area (Å²) in [7, 11) is 0. The number of nitrogens with zero attached hydrogens (tertiary/aromatic N) is 1. The van der Waals surface area contributed by atoms with Crippen molar-refractivity contribution >= 4 is 16.9 Å². The Hall–Kier alpha value is -1.90. The zero-order valence-electron chi connectivity index (χ0n) is 9.14. The summed E-state index contributed by atoms with van der Waals surface area (Å²) in [4.78, 5) is 15.6. The first kappa shape index (κ1) is 10.6. The van der Waals surface area contributed by atoms with Gasteiger partial charge in [-0.3, -0.25) is 9.78 Å². The highest BCUT2D eigenvalue weighted by molar-refractivity contribution is 5.86. The molecule has 0 aliphatic rings. The average Bonchev–Trinajstić information content (AvgIpc) is 2.30. The molecule has 0 aliphatic heterocycles. The van der Waals surface area contributed by atoms with Crippen LogP contribution in [0, 0.1) is 0 Å². The van der Waals surface area contributed by atoms with Crippen molar-refractivity contribution in [1.82, 2.24) is 4.98 Å². The number of hydrogen-bond donors (Lipinski definition) is 0. The minimum Gasteiger partial charge on any atom is -0.424 e. The third-order valence-corrected chi connectivity index (χ3v) is 2.27. The fraction of sp³-hybridized carbons (Fsp3) is 0.231. The molecule has 0 radical (unpaired) electrons. The zero-order chi connectivity index (χ0) is 11.4. The Balaban J connectivity index is 2.33. The Morgan fingerprint density at radius 1 is 1.31 bits per heavy atom. The molecule has 0 saturated carbocycles. The van der Waals surface area contributed by atoms with E-state index in [9.17, 15) is 4.79 Å². The normalized spacial score (nSPS) is 10.3. The standard InChI is InChI=1S/C13H13NO2/c1-2-5-12(15)16-11-8-3-6-10-7-4-9-14-13(10)11/h3-4,6-9H,2,5H2,1H3. The third kappa shape index (κ3) is 2.19. The summed E-state index contributed by atoms with van der Waals surface area (Å²) in [6.45, 7) is 1.95. The van der Waals surface area contributed by atoms with Crippen LogP contribution < -0.4 is 4.74 Å². The lowest BCUT2D eigenvalue weighted by atomic mass is 10.2. The molecule has 2 rings (SSSR count). The number of benzene rings is 1. The summed E-state index contributed by atoms with van der Waals surface area (Å²) in [5.41, 5.74) is 0.731. The predicted molar refractivity (Wildman–Crippen MR) is 62.3 cm³/mol. The second kappa shape index (κ2) is 4.75. The second-order valence-electron chi connectivity index (χ2n) is 3.56. The van der Waals surface area contributed by atoms with Gasteiger partial charge in [-0.2, -0.15) is 0 Å². The fourth-order valence-corrected chi connectivity index (χ4v) is 1.54. The molecular formula is C13H13NO2. The maximum atomic E-state index is 11.4. The van der Waals surface area contributed by atoms with Gasteiger partial charge in [0, 0.05) is 18.0 Å². The Bertz CT molecular complexity index is 503. The summed E-state index contributed by atoms with van der Waals surface area (Å²) < 4.78 is 5.27. The van der Waals surface area contributed by atoms with Gasteiger partial charge in [-0.1, -0.05) is 25.1 Å². The van der Waals surface area contributed by atoms with E-state index in [4.69, 9.17) is 4.74 Å². The van der Waals surface area contributed by atoms with Crippen LogP contribution >= 0.6 is 0 Å². The summed E-state index contributed by atoms with van der Waals surface area (Å²) in [5, 5.41) is 0.976. The zero-order valence-corrected chi connectivity index (χ0v) is 9.14. The number of esters is 1. The van der Waals surface area contributed by atoms with E-state index in [1.807, 2.05) is 31.2 Å². The van der Waals surface area contributed by atoms with Crippen LogP contribution in [-0.2, 0) is 4.79 Å². The molecule has 0 amide bonds. The molecule has 1 aromatic heterocycles. The number of rotatable bonds is 3. The molecule has 3 heteroatoms. The van der Waals surface area contributed by atoms with Crippen LogP contribution in [0.5, 0.6) is 5.75 Å². The van der Waals surface area contributed by atoms with Crippen LogP contribution in [0.2, 0.25) is 0 Å². The molecule has 0 aliphatic carbocycles. The van der Waals surface area contributed by atoms with E-state index in [0.717, 1.165) is 17.3 Å². The molecule has 0 fully saturated rings. The van der Waals surface area contributed by atoms with Crippen molar-refractivity contribution in [3.05, 3.63) is 36.5 Å². The third-order valence-electron chi connectivity index (χ3n) is 2.27. The molecule has 1 heterocycles. The highest BCUT2D eigenvalue weighted by Gasteiger charge is 2.07. The van der Waals surface area contributed by atoms with Gasteiger partial charge >= 0.3 is 5.97 Å². The summed E-state index contributed by atoms with van der Waals surface area (Å²) in [5.74, 6) is 0.331. The quantitative estimate of drug-likeness (QED) is 0.583. The molecule has 3 nitrogen and oxygen atoms in total. The maximum Gasteiger partial charge on any atom is 0.311 e. The van der Waals surface area contributed by atoms with Gasteiger partial charge in [-0.25, -0.2) is 0 Å². The van der Waals surface area contributed by atoms with E-state index in [2.05, 4.69) is 4.98 Å². The lowest BCUT2D eigenvalue weighted by Gasteiger charge is -2.05. The molecule has 0 spiro atoms. The van der Waals surface area contributed by atoms with Crippen LogP contribution in [0.1, 0.15) is 19.8 Å². The van der Waals surface area contributed by atoms with Gasteiger partial charge in [-0.05, 0) is 18.6 Å². The van der Waals surface area contributed by atoms with Crippen molar-refractivity contribution in [3.8, 4) is 5.75 Å². The highest BCUT2D eigenvalue weighted by Crippen LogP contribution is 2.23. The topological polar surface area (TPSA) is 39.2 Å². The SMILES string of the molecule is CCCC(=O)Oc1cccc2cccnc12. The van der Waals surface area contributed by atoms with E-state index in [1.54, 1.807) is 12.3 Å². The van der Waals surface area contributed by atoms with Crippen LogP contribution in [0.3, 0.4) is 0 Å². The smallest absolute Gasteiger partial charge is 0.311 e. The second-order valence-corrected chi connectivity index (χ2v) is 3.56. The van der Waals surface area contributed by atoms with E-state index >= 15 is 0 Å². The van der Waals surface area contributed by atoms with Gasteiger partial charge < -0.3 is 4.74 Å². The molecule has 0 unspecified atom stereocenters. The summed E-state index contributed by atoms with van der Waals surface area (Å²) >= 11 is 0. The number of carbonyl (C=O) groups is 1. The van der Waals surface area contributed by atoms with E-state index in [0.29, 0.717) is 12.2 Å². The Morgan fingerprint density at radius 2 is 2.12 bits per heavy atom. The number of ether oxygens (including phenoxy) is 1. The Labute approximate surface area is 94.1 Å². The fourth-order valence-electron chi connectivity index (χ4n) is 1.54. The van der Waals surface area contributed by atoms with Gasteiger partial charge in [-0.15, -0.1) is 0 Å².